The third-order valence-corrected chi connectivity index (χ3v) is 3.70. The number of amides is 2. The van der Waals surface area contributed by atoms with Gasteiger partial charge in [-0.2, -0.15) is 13.2 Å². The van der Waals surface area contributed by atoms with Crippen molar-refractivity contribution in [3.63, 3.8) is 0 Å². The average Bonchev–Trinajstić information content (AvgIpc) is 2.93. The van der Waals surface area contributed by atoms with E-state index in [1.807, 2.05) is 10.3 Å². The van der Waals surface area contributed by atoms with Crippen LogP contribution < -0.4 is 15.6 Å². The van der Waals surface area contributed by atoms with Crippen molar-refractivity contribution in [1.82, 2.24) is 15.6 Å². The van der Waals surface area contributed by atoms with Crippen LogP contribution in [0.25, 0.3) is 0 Å². The lowest BCUT2D eigenvalue weighted by atomic mass is 10.1. The fraction of sp³-hybridized carbons (Fsp3) is 0.125. The summed E-state index contributed by atoms with van der Waals surface area (Å²) in [5, 5.41) is 3.60. The Labute approximate surface area is 144 Å². The standard InChI is InChI=1S/C16H10F4N4O2/c17-11-4-2-1-3-10(11)12-22-14(26)15(23-12,16(18,19)20)24-13(25)9-5-7-21-8-6-9/h1-8H,(H,24,25)(H,22,23,26)/p+1. The van der Waals surface area contributed by atoms with E-state index in [2.05, 4.69) is 4.98 Å². The Bertz CT molecular complexity index is 899. The average molecular weight is 367 g/mol. The Kier molecular flexibility index (Phi) is 4.18. The van der Waals surface area contributed by atoms with Crippen LogP contribution in [-0.2, 0) is 4.79 Å². The van der Waals surface area contributed by atoms with Crippen molar-refractivity contribution in [1.29, 1.82) is 0 Å². The molecule has 3 N–H and O–H groups in total. The van der Waals surface area contributed by atoms with Gasteiger partial charge in [-0.05, 0) is 24.3 Å². The summed E-state index contributed by atoms with van der Waals surface area (Å²) in [6, 6.07) is 7.33. The van der Waals surface area contributed by atoms with Gasteiger partial charge in [0.1, 0.15) is 5.82 Å². The predicted octanol–water partition coefficient (Wildman–Crippen LogP) is -0.134. The molecule has 1 unspecified atom stereocenters. The highest BCUT2D eigenvalue weighted by Crippen LogP contribution is 2.27. The normalized spacial score (nSPS) is 19.7. The molecule has 134 valence electrons. The van der Waals surface area contributed by atoms with E-state index in [-0.39, 0.29) is 11.1 Å². The van der Waals surface area contributed by atoms with Crippen molar-refractivity contribution < 1.29 is 32.1 Å². The van der Waals surface area contributed by atoms with E-state index < -0.39 is 35.3 Å². The summed E-state index contributed by atoms with van der Waals surface area (Å²) in [5.41, 5.74) is -3.84. The quantitative estimate of drug-likeness (QED) is 0.661. The second-order valence-corrected chi connectivity index (χ2v) is 5.37. The second-order valence-electron chi connectivity index (χ2n) is 5.37. The van der Waals surface area contributed by atoms with E-state index in [1.54, 1.807) is 5.32 Å². The molecule has 0 fully saturated rings. The number of amidine groups is 1. The molecular formula is C16H11F4N4O2+. The number of carbonyl (C=O) groups is 2. The monoisotopic (exact) mass is 367 g/mol. The van der Waals surface area contributed by atoms with Gasteiger partial charge >= 0.3 is 17.7 Å². The van der Waals surface area contributed by atoms with Gasteiger partial charge in [-0.15, -0.1) is 0 Å². The third-order valence-electron chi connectivity index (χ3n) is 3.70. The Morgan fingerprint density at radius 2 is 1.81 bits per heavy atom. The Hall–Kier alpha value is -3.30. The van der Waals surface area contributed by atoms with Crippen molar-refractivity contribution in [2.75, 3.05) is 0 Å². The van der Waals surface area contributed by atoms with Crippen LogP contribution in [0.1, 0.15) is 15.9 Å². The number of rotatable bonds is 3. The van der Waals surface area contributed by atoms with Gasteiger partial charge in [-0.25, -0.2) is 19.5 Å². The Morgan fingerprint density at radius 1 is 1.15 bits per heavy atom. The third kappa shape index (κ3) is 2.89. The maximum absolute atomic E-state index is 13.9. The number of nitrogens with zero attached hydrogens (tertiary/aromatic N) is 1. The molecule has 1 aromatic carbocycles. The highest BCUT2D eigenvalue weighted by atomic mass is 19.4. The summed E-state index contributed by atoms with van der Waals surface area (Å²) < 4.78 is 54.9. The molecule has 26 heavy (non-hydrogen) atoms. The van der Waals surface area contributed by atoms with Gasteiger partial charge in [0, 0.05) is 18.0 Å². The molecule has 10 heteroatoms. The fourth-order valence-corrected chi connectivity index (χ4v) is 2.39. The Morgan fingerprint density at radius 3 is 2.42 bits per heavy atom. The molecule has 0 radical (unpaired) electrons. The van der Waals surface area contributed by atoms with Gasteiger partial charge in [0.15, 0.2) is 0 Å². The van der Waals surface area contributed by atoms with Gasteiger partial charge in [0.25, 0.3) is 11.7 Å². The molecular weight excluding hydrogens is 356 g/mol. The molecule has 0 saturated heterocycles. The number of halogens is 4. The Balaban J connectivity index is 2.04. The van der Waals surface area contributed by atoms with Crippen LogP contribution in [0.3, 0.4) is 0 Å². The minimum atomic E-state index is -5.20. The first-order chi connectivity index (χ1) is 12.2. The summed E-state index contributed by atoms with van der Waals surface area (Å²) in [4.78, 5) is 29.9. The van der Waals surface area contributed by atoms with Crippen LogP contribution in [0.15, 0.2) is 48.8 Å². The van der Waals surface area contributed by atoms with Crippen molar-refractivity contribution >= 4 is 17.6 Å². The van der Waals surface area contributed by atoms with Crippen LogP contribution in [0.4, 0.5) is 17.6 Å². The first-order valence-corrected chi connectivity index (χ1v) is 7.25. The number of hydrogen-bond acceptors (Lipinski definition) is 3. The van der Waals surface area contributed by atoms with Gasteiger partial charge in [0.05, 0.1) is 5.56 Å². The molecule has 6 nitrogen and oxygen atoms in total. The van der Waals surface area contributed by atoms with E-state index in [9.17, 15) is 27.2 Å². The molecule has 0 spiro atoms. The highest BCUT2D eigenvalue weighted by Gasteiger charge is 2.70. The number of carbonyl (C=O) groups excluding carboxylic acids is 2. The minimum Gasteiger partial charge on any atom is -0.293 e. The van der Waals surface area contributed by atoms with Crippen LogP contribution in [0.2, 0.25) is 0 Å². The van der Waals surface area contributed by atoms with Crippen LogP contribution >= 0.6 is 0 Å². The lowest BCUT2D eigenvalue weighted by Gasteiger charge is -2.23. The second kappa shape index (κ2) is 6.21. The molecule has 2 amide bonds. The number of hydrogen-bond donors (Lipinski definition) is 3. The summed E-state index contributed by atoms with van der Waals surface area (Å²) in [6.07, 6.45) is -2.77. The van der Waals surface area contributed by atoms with Gasteiger partial charge in [-0.3, -0.25) is 15.1 Å². The summed E-state index contributed by atoms with van der Waals surface area (Å²) in [5.74, 6) is -4.07. The van der Waals surface area contributed by atoms with Crippen LogP contribution in [0.5, 0.6) is 0 Å². The minimum absolute atomic E-state index is 0.127. The number of benzene rings is 1. The van der Waals surface area contributed by atoms with Crippen molar-refractivity contribution in [2.24, 2.45) is 0 Å². The number of aromatic nitrogens is 1. The molecule has 0 bridgehead atoms. The molecule has 0 aliphatic carbocycles. The topological polar surface area (TPSA) is 85.1 Å². The number of alkyl halides is 3. The molecule has 0 saturated carbocycles. The van der Waals surface area contributed by atoms with E-state index in [0.29, 0.717) is 0 Å². The maximum Gasteiger partial charge on any atom is 0.465 e. The summed E-state index contributed by atoms with van der Waals surface area (Å²) >= 11 is 0. The lowest BCUT2D eigenvalue weighted by Crippen LogP contribution is -2.96. The van der Waals surface area contributed by atoms with E-state index in [1.165, 1.54) is 42.7 Å². The van der Waals surface area contributed by atoms with Crippen molar-refractivity contribution in [3.8, 4) is 0 Å². The molecule has 1 aliphatic heterocycles. The van der Waals surface area contributed by atoms with Crippen LogP contribution in [-0.4, -0.2) is 34.5 Å². The molecule has 2 heterocycles. The van der Waals surface area contributed by atoms with E-state index in [0.717, 1.165) is 6.07 Å². The van der Waals surface area contributed by atoms with Crippen LogP contribution in [0, 0.1) is 5.82 Å². The maximum atomic E-state index is 13.9. The van der Waals surface area contributed by atoms with Gasteiger partial charge in [-0.1, -0.05) is 12.1 Å². The summed E-state index contributed by atoms with van der Waals surface area (Å²) in [6.45, 7) is 0. The molecule has 3 rings (SSSR count). The molecule has 1 aromatic heterocycles. The zero-order chi connectivity index (χ0) is 18.9. The summed E-state index contributed by atoms with van der Waals surface area (Å²) in [7, 11) is 0. The first-order valence-electron chi connectivity index (χ1n) is 7.25. The zero-order valence-electron chi connectivity index (χ0n) is 12.9. The fourth-order valence-electron chi connectivity index (χ4n) is 2.39. The lowest BCUT2D eigenvalue weighted by molar-refractivity contribution is -0.580. The zero-order valence-corrected chi connectivity index (χ0v) is 12.9. The van der Waals surface area contributed by atoms with E-state index in [4.69, 9.17) is 0 Å². The predicted molar refractivity (Wildman–Crippen MR) is 80.1 cm³/mol. The highest BCUT2D eigenvalue weighted by molar-refractivity contribution is 6.11. The van der Waals surface area contributed by atoms with Gasteiger partial charge < -0.3 is 0 Å². The molecule has 1 aliphatic rings. The molecule has 1 atom stereocenters. The molecule has 2 aromatic rings. The number of pyridine rings is 1. The first kappa shape index (κ1) is 17.5. The SMILES string of the molecule is O=C(NC1(C(F)(F)F)[NH+]=C(c2ccccc2F)NC1=O)c1ccncc1. The van der Waals surface area contributed by atoms with E-state index >= 15 is 0 Å². The van der Waals surface area contributed by atoms with Crippen molar-refractivity contribution in [3.05, 3.63) is 65.7 Å². The largest absolute Gasteiger partial charge is 0.465 e. The van der Waals surface area contributed by atoms with Gasteiger partial charge in [0.2, 0.25) is 0 Å². The van der Waals surface area contributed by atoms with Crippen molar-refractivity contribution in [2.45, 2.75) is 11.8 Å². The smallest absolute Gasteiger partial charge is 0.293 e. The number of nitrogens with one attached hydrogen (secondary N) is 3.